The summed E-state index contributed by atoms with van der Waals surface area (Å²) < 4.78 is 0.639. The largest absolute Gasteiger partial charge is 0.310 e. The van der Waals surface area contributed by atoms with E-state index >= 15 is 0 Å². The lowest BCUT2D eigenvalue weighted by molar-refractivity contribution is -0.505. The molecule has 0 spiro atoms. The molecule has 0 aromatic carbocycles. The number of nitrogens with zero attached hydrogens (tertiary/aromatic N) is 3. The molecular formula is C12H12N3O4+. The van der Waals surface area contributed by atoms with Crippen LogP contribution in [0.5, 0.6) is 0 Å². The van der Waals surface area contributed by atoms with Crippen molar-refractivity contribution in [3.8, 4) is 0 Å². The van der Waals surface area contributed by atoms with E-state index < -0.39 is 11.0 Å². The molecule has 98 valence electrons. The number of carbonyl (C=O) groups excluding carboxylic acids is 1. The highest BCUT2D eigenvalue weighted by Gasteiger charge is 2.41. The van der Waals surface area contributed by atoms with Crippen LogP contribution in [0, 0.1) is 15.0 Å². The van der Waals surface area contributed by atoms with Crippen LogP contribution < -0.4 is 0 Å². The average molecular weight is 262 g/mol. The standard InChI is InChI=1S/C12H12N3O4/c1-8(16)13(2)11-6-5-10-9(12(11)15(18)19)4-3-7-14(10)17/h3-7,10H,1-2H3/q+1. The monoisotopic (exact) mass is 262 g/mol. The van der Waals surface area contributed by atoms with Crippen molar-refractivity contribution in [2.75, 3.05) is 7.05 Å². The maximum atomic E-state index is 11.6. The van der Waals surface area contributed by atoms with Crippen molar-refractivity contribution in [1.82, 2.24) is 4.90 Å². The van der Waals surface area contributed by atoms with Crippen LogP contribution in [0.1, 0.15) is 6.92 Å². The van der Waals surface area contributed by atoms with E-state index in [1.165, 1.54) is 43.3 Å². The Kier molecular flexibility index (Phi) is 3.12. The predicted molar refractivity (Wildman–Crippen MR) is 66.2 cm³/mol. The number of likely N-dealkylation sites (N-methyl/N-ethyl adjacent to an activating group) is 1. The summed E-state index contributed by atoms with van der Waals surface area (Å²) in [5, 5.41) is 11.2. The molecule has 2 rings (SSSR count). The number of carbonyl (C=O) groups is 1. The fourth-order valence-electron chi connectivity index (χ4n) is 2.02. The normalized spacial score (nSPS) is 21.1. The molecule has 1 heterocycles. The zero-order chi connectivity index (χ0) is 14.2. The maximum Gasteiger partial charge on any atom is 0.303 e. The first-order valence-corrected chi connectivity index (χ1v) is 5.59. The van der Waals surface area contributed by atoms with Crippen LogP contribution in [-0.2, 0) is 4.79 Å². The Hall–Kier alpha value is -2.57. The summed E-state index contributed by atoms with van der Waals surface area (Å²) in [5.74, 6) is -0.316. The molecule has 1 aliphatic carbocycles. The summed E-state index contributed by atoms with van der Waals surface area (Å²) >= 11 is 0. The third-order valence-electron chi connectivity index (χ3n) is 3.07. The third kappa shape index (κ3) is 2.10. The number of fused-ring (bicyclic) bond motifs is 1. The molecular weight excluding hydrogens is 250 g/mol. The van der Waals surface area contributed by atoms with Crippen LogP contribution in [0.25, 0.3) is 0 Å². The summed E-state index contributed by atoms with van der Waals surface area (Å²) in [4.78, 5) is 34.9. The van der Waals surface area contributed by atoms with Gasteiger partial charge in [-0.15, -0.1) is 0 Å². The molecule has 0 fully saturated rings. The Bertz CT molecular complexity index is 598. The van der Waals surface area contributed by atoms with E-state index in [2.05, 4.69) is 0 Å². The second-order valence-electron chi connectivity index (χ2n) is 4.20. The molecule has 0 aromatic heterocycles. The molecule has 0 bridgehead atoms. The first-order valence-electron chi connectivity index (χ1n) is 5.59. The Morgan fingerprint density at radius 3 is 2.79 bits per heavy atom. The molecule has 1 unspecified atom stereocenters. The second kappa shape index (κ2) is 4.60. The van der Waals surface area contributed by atoms with Crippen molar-refractivity contribution in [3.05, 3.63) is 62.5 Å². The van der Waals surface area contributed by atoms with Crippen molar-refractivity contribution in [1.29, 1.82) is 0 Å². The molecule has 0 aromatic rings. The fourth-order valence-corrected chi connectivity index (χ4v) is 2.02. The van der Waals surface area contributed by atoms with Gasteiger partial charge in [-0.25, -0.2) is 0 Å². The van der Waals surface area contributed by atoms with Gasteiger partial charge in [0, 0.05) is 29.7 Å². The van der Waals surface area contributed by atoms with Crippen molar-refractivity contribution < 1.29 is 14.5 Å². The Morgan fingerprint density at radius 1 is 1.53 bits per heavy atom. The smallest absolute Gasteiger partial charge is 0.303 e. The van der Waals surface area contributed by atoms with Crippen LogP contribution in [-0.4, -0.2) is 33.6 Å². The zero-order valence-electron chi connectivity index (χ0n) is 10.4. The van der Waals surface area contributed by atoms with E-state index in [1.54, 1.807) is 6.08 Å². The highest BCUT2D eigenvalue weighted by molar-refractivity contribution is 5.76. The van der Waals surface area contributed by atoms with Gasteiger partial charge in [-0.05, 0) is 18.2 Å². The number of rotatable bonds is 2. The van der Waals surface area contributed by atoms with Gasteiger partial charge in [0.15, 0.2) is 0 Å². The van der Waals surface area contributed by atoms with Crippen LogP contribution in [0.3, 0.4) is 0 Å². The maximum absolute atomic E-state index is 11.6. The van der Waals surface area contributed by atoms with Crippen molar-refractivity contribution in [3.63, 3.8) is 0 Å². The van der Waals surface area contributed by atoms with E-state index in [4.69, 9.17) is 0 Å². The van der Waals surface area contributed by atoms with Crippen molar-refractivity contribution in [2.24, 2.45) is 0 Å². The highest BCUT2D eigenvalue weighted by Crippen LogP contribution is 2.30. The van der Waals surface area contributed by atoms with Gasteiger partial charge < -0.3 is 4.90 Å². The number of hydrogen-bond acceptors (Lipinski definition) is 4. The number of amides is 1. The van der Waals surface area contributed by atoms with Gasteiger partial charge in [0.25, 0.3) is 6.04 Å². The predicted octanol–water partition coefficient (Wildman–Crippen LogP) is 1.12. The van der Waals surface area contributed by atoms with Gasteiger partial charge >= 0.3 is 5.70 Å². The molecule has 7 nitrogen and oxygen atoms in total. The molecule has 19 heavy (non-hydrogen) atoms. The van der Waals surface area contributed by atoms with Gasteiger partial charge in [0.2, 0.25) is 12.1 Å². The molecule has 0 radical (unpaired) electrons. The molecule has 0 N–H and O–H groups in total. The van der Waals surface area contributed by atoms with Crippen molar-refractivity contribution >= 4 is 5.91 Å². The van der Waals surface area contributed by atoms with Crippen LogP contribution in [0.2, 0.25) is 0 Å². The Balaban J connectivity index is 2.60. The molecule has 1 atom stereocenters. The summed E-state index contributed by atoms with van der Waals surface area (Å²) in [6.07, 6.45) is 7.26. The van der Waals surface area contributed by atoms with E-state index in [1.807, 2.05) is 0 Å². The topological polar surface area (TPSA) is 83.5 Å². The van der Waals surface area contributed by atoms with E-state index in [-0.39, 0.29) is 22.9 Å². The summed E-state index contributed by atoms with van der Waals surface area (Å²) in [6, 6.07) is -0.713. The molecule has 0 saturated carbocycles. The van der Waals surface area contributed by atoms with Gasteiger partial charge in [-0.1, -0.05) is 0 Å². The van der Waals surface area contributed by atoms with Gasteiger partial charge in [-0.3, -0.25) is 14.9 Å². The fraction of sp³-hybridized carbons (Fsp3) is 0.250. The van der Waals surface area contributed by atoms with E-state index in [9.17, 15) is 19.8 Å². The van der Waals surface area contributed by atoms with E-state index in [0.29, 0.717) is 4.76 Å². The van der Waals surface area contributed by atoms with Gasteiger partial charge in [-0.2, -0.15) is 0 Å². The van der Waals surface area contributed by atoms with Gasteiger partial charge in [0.1, 0.15) is 11.3 Å². The van der Waals surface area contributed by atoms with Crippen molar-refractivity contribution in [2.45, 2.75) is 13.0 Å². The molecule has 1 amide bonds. The quantitative estimate of drug-likeness (QED) is 0.424. The molecule has 0 saturated heterocycles. The first-order chi connectivity index (χ1) is 8.93. The Morgan fingerprint density at radius 2 is 2.21 bits per heavy atom. The lowest BCUT2D eigenvalue weighted by Gasteiger charge is -2.21. The minimum absolute atomic E-state index is 0.184. The number of nitroso groups, excluding NO2 is 1. The van der Waals surface area contributed by atoms with Crippen LogP contribution in [0.4, 0.5) is 0 Å². The summed E-state index contributed by atoms with van der Waals surface area (Å²) in [6.45, 7) is 1.32. The second-order valence-corrected chi connectivity index (χ2v) is 4.20. The molecule has 7 heteroatoms. The SMILES string of the molecule is CC(=O)N(C)C1=C([N+](=O)[O-])C2=CC=C[N+](=O)C2C=C1. The zero-order valence-corrected chi connectivity index (χ0v) is 10.4. The lowest BCUT2D eigenvalue weighted by atomic mass is 9.94. The first kappa shape index (κ1) is 12.9. The summed E-state index contributed by atoms with van der Waals surface area (Å²) in [7, 11) is 1.46. The highest BCUT2D eigenvalue weighted by atomic mass is 16.6. The summed E-state index contributed by atoms with van der Waals surface area (Å²) in [5.41, 5.74) is 0.257. The molecule has 1 aliphatic heterocycles. The third-order valence-corrected chi connectivity index (χ3v) is 3.07. The molecule has 2 aliphatic rings. The number of allylic oxidation sites excluding steroid dienone is 3. The van der Waals surface area contributed by atoms with Gasteiger partial charge in [0.05, 0.1) is 4.92 Å². The average Bonchev–Trinajstić information content (AvgIpc) is 2.36. The minimum Gasteiger partial charge on any atom is -0.310 e. The van der Waals surface area contributed by atoms with Crippen LogP contribution in [0.15, 0.2) is 47.5 Å². The Labute approximate surface area is 108 Å². The van der Waals surface area contributed by atoms with E-state index in [0.717, 1.165) is 0 Å². The minimum atomic E-state index is -0.713. The van der Waals surface area contributed by atoms with Crippen LogP contribution >= 0.6 is 0 Å². The number of hydrogen-bond donors (Lipinski definition) is 0. The number of nitro groups is 1. The lowest BCUT2D eigenvalue weighted by Crippen LogP contribution is -2.33.